The lowest BCUT2D eigenvalue weighted by atomic mass is 9.91. The fraction of sp³-hybridized carbons (Fsp3) is 0.389. The number of piperidine rings is 1. The number of benzene rings is 1. The Kier molecular flexibility index (Phi) is 5.02. The van der Waals surface area contributed by atoms with Crippen molar-refractivity contribution in [3.05, 3.63) is 48.8 Å². The van der Waals surface area contributed by atoms with Crippen LogP contribution < -0.4 is 5.32 Å². The van der Waals surface area contributed by atoms with Crippen molar-refractivity contribution in [2.75, 3.05) is 18.4 Å². The van der Waals surface area contributed by atoms with E-state index in [2.05, 4.69) is 25.8 Å². The summed E-state index contributed by atoms with van der Waals surface area (Å²) in [6.45, 7) is 1.18. The van der Waals surface area contributed by atoms with E-state index in [-0.39, 0.29) is 11.9 Å². The van der Waals surface area contributed by atoms with E-state index in [0.717, 1.165) is 18.5 Å². The zero-order valence-electron chi connectivity index (χ0n) is 15.5. The van der Waals surface area contributed by atoms with Gasteiger partial charge in [-0.05, 0) is 47.4 Å². The van der Waals surface area contributed by atoms with Gasteiger partial charge < -0.3 is 19.9 Å². The molecule has 0 radical (unpaired) electrons. The topological polar surface area (TPSA) is 114 Å². The van der Waals surface area contributed by atoms with Crippen LogP contribution >= 0.6 is 0 Å². The van der Waals surface area contributed by atoms with Gasteiger partial charge in [0.2, 0.25) is 0 Å². The minimum atomic E-state index is -0.613. The van der Waals surface area contributed by atoms with Crippen LogP contribution in [-0.4, -0.2) is 58.9 Å². The first-order chi connectivity index (χ1) is 13.6. The maximum atomic E-state index is 12.6. The Morgan fingerprint density at radius 3 is 2.82 bits per heavy atom. The molecule has 10 heteroatoms. The Morgan fingerprint density at radius 2 is 2.14 bits per heavy atom. The molecule has 3 heterocycles. The number of aryl methyl sites for hydroxylation is 1. The number of carbonyl (C=O) groups excluding carboxylic acids is 1. The summed E-state index contributed by atoms with van der Waals surface area (Å²) in [7, 11) is 1.87. The molecule has 1 aliphatic rings. The predicted molar refractivity (Wildman–Crippen MR) is 101 cm³/mol. The molecule has 4 rings (SSSR count). The normalized spacial score (nSPS) is 16.1. The third-order valence-corrected chi connectivity index (χ3v) is 5.11. The van der Waals surface area contributed by atoms with E-state index in [4.69, 9.17) is 0 Å². The maximum Gasteiger partial charge on any atom is 0.321 e. The Hall–Kier alpha value is -3.27. The van der Waals surface area contributed by atoms with Gasteiger partial charge in [0.1, 0.15) is 18.3 Å². The Bertz CT molecular complexity index is 931. The van der Waals surface area contributed by atoms with Crippen molar-refractivity contribution in [3.63, 3.8) is 0 Å². The molecule has 1 aromatic carbocycles. The third kappa shape index (κ3) is 3.72. The summed E-state index contributed by atoms with van der Waals surface area (Å²) >= 11 is 0. The number of likely N-dealkylation sites (tertiary alicyclic amines) is 1. The molecule has 28 heavy (non-hydrogen) atoms. The fourth-order valence-electron chi connectivity index (χ4n) is 3.50. The number of nitrogens with zero attached hydrogens (tertiary/aromatic N) is 7. The smallest absolute Gasteiger partial charge is 0.321 e. The largest absolute Gasteiger partial charge is 0.385 e. The molecule has 3 aromatic rings. The number of carbonyl (C=O) groups is 1. The first-order valence-corrected chi connectivity index (χ1v) is 9.16. The third-order valence-electron chi connectivity index (χ3n) is 5.11. The fourth-order valence-corrected chi connectivity index (χ4v) is 3.50. The van der Waals surface area contributed by atoms with Crippen molar-refractivity contribution in [2.45, 2.75) is 18.9 Å². The van der Waals surface area contributed by atoms with Gasteiger partial charge in [0.15, 0.2) is 0 Å². The first kappa shape index (κ1) is 18.1. The van der Waals surface area contributed by atoms with Crippen LogP contribution in [0.3, 0.4) is 0 Å². The summed E-state index contributed by atoms with van der Waals surface area (Å²) in [6, 6.07) is 7.17. The molecule has 2 aromatic heterocycles. The molecule has 1 aliphatic heterocycles. The van der Waals surface area contributed by atoms with Crippen LogP contribution in [0.2, 0.25) is 0 Å². The van der Waals surface area contributed by atoms with Crippen LogP contribution in [0.5, 0.6) is 0 Å². The van der Waals surface area contributed by atoms with Crippen LogP contribution in [-0.2, 0) is 7.05 Å². The molecule has 0 unspecified atom stereocenters. The van der Waals surface area contributed by atoms with Crippen LogP contribution in [0.15, 0.2) is 43.0 Å². The minimum Gasteiger partial charge on any atom is -0.385 e. The van der Waals surface area contributed by atoms with Crippen molar-refractivity contribution >= 4 is 11.7 Å². The van der Waals surface area contributed by atoms with Gasteiger partial charge >= 0.3 is 6.03 Å². The monoisotopic (exact) mass is 382 g/mol. The number of anilines is 1. The molecule has 0 bridgehead atoms. The average Bonchev–Trinajstić information content (AvgIpc) is 3.40. The van der Waals surface area contributed by atoms with E-state index in [1.807, 2.05) is 42.1 Å². The number of imidazole rings is 1. The number of aromatic nitrogens is 6. The summed E-state index contributed by atoms with van der Waals surface area (Å²) in [5.41, 5.74) is 1.44. The zero-order chi connectivity index (χ0) is 19.5. The van der Waals surface area contributed by atoms with Gasteiger partial charge in [-0.25, -0.2) is 14.5 Å². The molecule has 1 atom stereocenters. The lowest BCUT2D eigenvalue weighted by Gasteiger charge is -2.34. The average molecular weight is 382 g/mol. The second-order valence-electron chi connectivity index (χ2n) is 6.90. The molecule has 2 amide bonds. The number of rotatable bonds is 4. The number of aliphatic hydroxyl groups excluding tert-OH is 1. The van der Waals surface area contributed by atoms with E-state index in [1.54, 1.807) is 11.1 Å². The molecule has 0 spiro atoms. The molecule has 10 nitrogen and oxygen atoms in total. The summed E-state index contributed by atoms with van der Waals surface area (Å²) in [5, 5.41) is 24.6. The number of nitrogens with one attached hydrogen (secondary N) is 1. The number of aliphatic hydroxyl groups is 1. The van der Waals surface area contributed by atoms with Gasteiger partial charge in [-0.3, -0.25) is 0 Å². The highest BCUT2D eigenvalue weighted by Crippen LogP contribution is 2.30. The van der Waals surface area contributed by atoms with Gasteiger partial charge in [0, 0.05) is 38.2 Å². The number of urea groups is 1. The van der Waals surface area contributed by atoms with Gasteiger partial charge in [0.25, 0.3) is 0 Å². The molecular formula is C18H22N8O2. The lowest BCUT2D eigenvalue weighted by molar-refractivity contribution is 0.0600. The molecule has 0 aliphatic carbocycles. The van der Waals surface area contributed by atoms with Crippen LogP contribution in [0.4, 0.5) is 10.5 Å². The van der Waals surface area contributed by atoms with E-state index in [9.17, 15) is 9.90 Å². The minimum absolute atomic E-state index is 0.0910. The van der Waals surface area contributed by atoms with Gasteiger partial charge in [-0.2, -0.15) is 0 Å². The maximum absolute atomic E-state index is 12.6. The van der Waals surface area contributed by atoms with Crippen molar-refractivity contribution in [1.82, 2.24) is 34.7 Å². The summed E-state index contributed by atoms with van der Waals surface area (Å²) in [4.78, 5) is 18.6. The van der Waals surface area contributed by atoms with E-state index in [0.29, 0.717) is 24.6 Å². The quantitative estimate of drug-likeness (QED) is 0.704. The second-order valence-corrected chi connectivity index (χ2v) is 6.90. The standard InChI is InChI=1S/C18H22N8O2/c1-24-10-7-19-17(24)16(27)13-5-8-25(9-6-13)18(28)21-14-3-2-4-15(11-14)26-12-20-22-23-26/h2-4,7,10-13,16,27H,5-6,8-9H2,1H3,(H,21,28)/t16-/m0/s1. The number of hydrogen-bond donors (Lipinski definition) is 2. The van der Waals surface area contributed by atoms with Crippen molar-refractivity contribution in [1.29, 1.82) is 0 Å². The summed E-state index contributed by atoms with van der Waals surface area (Å²) in [6.07, 6.45) is 5.85. The molecular weight excluding hydrogens is 360 g/mol. The highest BCUT2D eigenvalue weighted by atomic mass is 16.3. The molecule has 2 N–H and O–H groups in total. The SMILES string of the molecule is Cn1ccnc1[C@@H](O)C1CCN(C(=O)Nc2cccc(-n3cnnn3)c2)CC1. The summed E-state index contributed by atoms with van der Waals surface area (Å²) < 4.78 is 3.36. The predicted octanol–water partition coefficient (Wildman–Crippen LogP) is 1.37. The van der Waals surface area contributed by atoms with Crippen molar-refractivity contribution in [3.8, 4) is 5.69 Å². The van der Waals surface area contributed by atoms with E-state index >= 15 is 0 Å². The highest BCUT2D eigenvalue weighted by Gasteiger charge is 2.30. The van der Waals surface area contributed by atoms with Crippen molar-refractivity contribution < 1.29 is 9.90 Å². The van der Waals surface area contributed by atoms with Crippen molar-refractivity contribution in [2.24, 2.45) is 13.0 Å². The van der Waals surface area contributed by atoms with Crippen LogP contribution in [0.1, 0.15) is 24.8 Å². The second kappa shape index (κ2) is 7.77. The lowest BCUT2D eigenvalue weighted by Crippen LogP contribution is -2.42. The van der Waals surface area contributed by atoms with Gasteiger partial charge in [-0.1, -0.05) is 6.07 Å². The Labute approximate surface area is 161 Å². The zero-order valence-corrected chi connectivity index (χ0v) is 15.5. The van der Waals surface area contributed by atoms with E-state index < -0.39 is 6.10 Å². The number of hydrogen-bond acceptors (Lipinski definition) is 6. The van der Waals surface area contributed by atoms with Gasteiger partial charge in [0.05, 0.1) is 5.69 Å². The van der Waals surface area contributed by atoms with Crippen LogP contribution in [0.25, 0.3) is 5.69 Å². The number of amides is 2. The highest BCUT2D eigenvalue weighted by molar-refractivity contribution is 5.89. The van der Waals surface area contributed by atoms with Crippen LogP contribution in [0, 0.1) is 5.92 Å². The molecule has 0 saturated carbocycles. The summed E-state index contributed by atoms with van der Waals surface area (Å²) in [5.74, 6) is 0.760. The first-order valence-electron chi connectivity index (χ1n) is 9.16. The van der Waals surface area contributed by atoms with E-state index in [1.165, 1.54) is 11.0 Å². The molecule has 1 saturated heterocycles. The Balaban J connectivity index is 1.34. The van der Waals surface area contributed by atoms with Gasteiger partial charge in [-0.15, -0.1) is 5.10 Å². The Morgan fingerprint density at radius 1 is 1.32 bits per heavy atom. The molecule has 1 fully saturated rings. The number of tetrazole rings is 1. The molecule has 146 valence electrons.